The highest BCUT2D eigenvalue weighted by atomic mass is 35.5. The molecule has 0 rings (SSSR count). The Hall–Kier alpha value is 0.800. The van der Waals surface area contributed by atoms with Crippen molar-refractivity contribution >= 4 is 38.8 Å². The zero-order chi connectivity index (χ0) is 13.2. The highest BCUT2D eigenvalue weighted by molar-refractivity contribution is 7.46. The first kappa shape index (κ1) is 19.1. The van der Waals surface area contributed by atoms with Crippen molar-refractivity contribution in [2.24, 2.45) is 0 Å². The molecule has 0 fully saturated rings. The summed E-state index contributed by atoms with van der Waals surface area (Å²) in [7, 11) is -8.53. The van der Waals surface area contributed by atoms with E-state index >= 15 is 0 Å². The van der Waals surface area contributed by atoms with E-state index in [0.717, 1.165) is 0 Å². The van der Waals surface area contributed by atoms with E-state index in [1.54, 1.807) is 0 Å². The van der Waals surface area contributed by atoms with Crippen LogP contribution in [0.5, 0.6) is 0 Å². The van der Waals surface area contributed by atoms with E-state index in [-0.39, 0.29) is 25.0 Å². The van der Waals surface area contributed by atoms with E-state index in [1.807, 2.05) is 0 Å². The summed E-state index contributed by atoms with van der Waals surface area (Å²) in [6.45, 7) is -0.238. The number of hydrogen-bond donors (Lipinski definition) is 4. The number of alkyl halides is 2. The fraction of sp³-hybridized carbons (Fsp3) is 1.00. The Morgan fingerprint density at radius 3 is 1.12 bits per heavy atom. The molecule has 0 bridgehead atoms. The minimum atomic E-state index is -4.27. The number of phosphoric acid groups is 2. The van der Waals surface area contributed by atoms with Crippen LogP contribution in [0.25, 0.3) is 0 Å². The summed E-state index contributed by atoms with van der Waals surface area (Å²) >= 11 is 10.1. The molecule has 0 heterocycles. The lowest BCUT2D eigenvalue weighted by molar-refractivity contribution is 0.206. The Labute approximate surface area is 102 Å². The zero-order valence-electron chi connectivity index (χ0n) is 7.90. The van der Waals surface area contributed by atoms with Gasteiger partial charge in [-0.3, -0.25) is 9.05 Å². The van der Waals surface area contributed by atoms with Gasteiger partial charge in [0.05, 0.1) is 13.2 Å². The van der Waals surface area contributed by atoms with Gasteiger partial charge < -0.3 is 19.6 Å². The van der Waals surface area contributed by atoms with E-state index in [9.17, 15) is 9.13 Å². The molecule has 0 saturated heterocycles. The first-order valence-corrected chi connectivity index (χ1v) is 7.77. The molecule has 4 N–H and O–H groups in total. The zero-order valence-corrected chi connectivity index (χ0v) is 11.2. The molecule has 12 heteroatoms. The molecule has 0 aromatic heterocycles. The van der Waals surface area contributed by atoms with Crippen molar-refractivity contribution in [3.05, 3.63) is 0 Å². The fourth-order valence-corrected chi connectivity index (χ4v) is 1.33. The van der Waals surface area contributed by atoms with Gasteiger partial charge in [-0.25, -0.2) is 9.13 Å². The summed E-state index contributed by atoms with van der Waals surface area (Å²) < 4.78 is 27.4. The van der Waals surface area contributed by atoms with Gasteiger partial charge >= 0.3 is 15.6 Å². The Morgan fingerprint density at radius 1 is 0.812 bits per heavy atom. The molecule has 0 aliphatic heterocycles. The van der Waals surface area contributed by atoms with Gasteiger partial charge in [-0.05, 0) is 0 Å². The Kier molecular flexibility index (Phi) is 11.7. The summed E-state index contributed by atoms with van der Waals surface area (Å²) in [5.74, 6) is 0.177. The van der Waals surface area contributed by atoms with Gasteiger partial charge in [0, 0.05) is 11.8 Å². The maximum absolute atomic E-state index is 9.80. The van der Waals surface area contributed by atoms with Gasteiger partial charge in [0.1, 0.15) is 0 Å². The third-order valence-electron chi connectivity index (χ3n) is 0.673. The lowest BCUT2D eigenvalue weighted by Crippen LogP contribution is -1.91. The molecule has 8 nitrogen and oxygen atoms in total. The van der Waals surface area contributed by atoms with Crippen LogP contribution < -0.4 is 0 Å². The van der Waals surface area contributed by atoms with Crippen LogP contribution in [0.2, 0.25) is 0 Å². The molecular weight excluding hydrogens is 309 g/mol. The molecule has 0 saturated carbocycles. The Balaban J connectivity index is 0. The minimum absolute atomic E-state index is 0.0884. The lowest BCUT2D eigenvalue weighted by atomic mass is 10.9. The van der Waals surface area contributed by atoms with Gasteiger partial charge in [-0.1, -0.05) is 0 Å². The number of hydrogen-bond acceptors (Lipinski definition) is 4. The van der Waals surface area contributed by atoms with E-state index in [1.165, 1.54) is 0 Å². The predicted octanol–water partition coefficient (Wildman–Crippen LogP) is 0.669. The molecule has 0 aromatic carbocycles. The van der Waals surface area contributed by atoms with Crippen LogP contribution in [0.15, 0.2) is 0 Å². The Bertz CT molecular complexity index is 222. The summed E-state index contributed by atoms with van der Waals surface area (Å²) in [6, 6.07) is 0. The molecule has 0 spiro atoms. The highest BCUT2D eigenvalue weighted by Gasteiger charge is 2.12. The highest BCUT2D eigenvalue weighted by Crippen LogP contribution is 2.35. The van der Waals surface area contributed by atoms with Crippen LogP contribution in [0, 0.1) is 0 Å². The van der Waals surface area contributed by atoms with E-state index in [4.69, 9.17) is 42.8 Å². The van der Waals surface area contributed by atoms with Crippen molar-refractivity contribution < 1.29 is 37.8 Å². The minimum Gasteiger partial charge on any atom is -0.303 e. The standard InChI is InChI=1S/2C2H6ClO4P/c2*3-1-2-7-8(4,5)6/h2*1-2H2,(H2,4,5,6). The normalized spacial score (nSPS) is 11.9. The molecular formula is C4H12Cl2O8P2. The van der Waals surface area contributed by atoms with Crippen molar-refractivity contribution in [1.82, 2.24) is 0 Å². The predicted molar refractivity (Wildman–Crippen MR) is 57.4 cm³/mol. The third-order valence-corrected chi connectivity index (χ3v) is 2.02. The molecule has 0 unspecified atom stereocenters. The third kappa shape index (κ3) is 24.2. The van der Waals surface area contributed by atoms with Gasteiger partial charge in [0.25, 0.3) is 0 Å². The second kappa shape index (κ2) is 9.79. The van der Waals surface area contributed by atoms with Crippen LogP contribution in [0.3, 0.4) is 0 Å². The molecule has 16 heavy (non-hydrogen) atoms. The van der Waals surface area contributed by atoms with E-state index in [2.05, 4.69) is 9.05 Å². The number of phosphoric ester groups is 2. The maximum Gasteiger partial charge on any atom is 0.469 e. The molecule has 100 valence electrons. The molecule has 0 radical (unpaired) electrons. The van der Waals surface area contributed by atoms with Crippen molar-refractivity contribution in [2.45, 2.75) is 0 Å². The van der Waals surface area contributed by atoms with E-state index in [0.29, 0.717) is 0 Å². The molecule has 0 amide bonds. The smallest absolute Gasteiger partial charge is 0.303 e. The summed E-state index contributed by atoms with van der Waals surface area (Å²) in [6.07, 6.45) is 0. The first-order valence-electron chi connectivity index (χ1n) is 3.64. The van der Waals surface area contributed by atoms with Gasteiger partial charge in [-0.15, -0.1) is 23.2 Å². The van der Waals surface area contributed by atoms with Gasteiger partial charge in [0.15, 0.2) is 0 Å². The van der Waals surface area contributed by atoms with Crippen LogP contribution in [-0.4, -0.2) is 44.5 Å². The fourth-order valence-electron chi connectivity index (χ4n) is 0.307. The average molecular weight is 321 g/mol. The van der Waals surface area contributed by atoms with Crippen LogP contribution >= 0.6 is 38.8 Å². The lowest BCUT2D eigenvalue weighted by Gasteiger charge is -2.00. The molecule has 0 aliphatic carbocycles. The summed E-state index contributed by atoms with van der Waals surface area (Å²) in [5.41, 5.74) is 0. The summed E-state index contributed by atoms with van der Waals surface area (Å²) in [4.78, 5) is 31.9. The Morgan fingerprint density at radius 2 is 1.06 bits per heavy atom. The number of rotatable bonds is 6. The monoisotopic (exact) mass is 320 g/mol. The molecule has 0 atom stereocenters. The topological polar surface area (TPSA) is 134 Å². The van der Waals surface area contributed by atoms with Crippen LogP contribution in [0.4, 0.5) is 0 Å². The quantitative estimate of drug-likeness (QED) is 0.414. The second-order valence-electron chi connectivity index (χ2n) is 2.03. The summed E-state index contributed by atoms with van der Waals surface area (Å²) in [5, 5.41) is 0. The van der Waals surface area contributed by atoms with Crippen molar-refractivity contribution in [3.63, 3.8) is 0 Å². The van der Waals surface area contributed by atoms with Gasteiger partial charge in [0.2, 0.25) is 0 Å². The average Bonchev–Trinajstić information content (AvgIpc) is 2.10. The van der Waals surface area contributed by atoms with Crippen molar-refractivity contribution in [1.29, 1.82) is 0 Å². The number of halogens is 2. The first-order chi connectivity index (χ1) is 7.12. The van der Waals surface area contributed by atoms with E-state index < -0.39 is 15.6 Å². The van der Waals surface area contributed by atoms with Crippen molar-refractivity contribution in [2.75, 3.05) is 25.0 Å². The van der Waals surface area contributed by atoms with Crippen molar-refractivity contribution in [3.8, 4) is 0 Å². The molecule has 0 aromatic rings. The molecule has 0 aliphatic rings. The van der Waals surface area contributed by atoms with Crippen LogP contribution in [-0.2, 0) is 18.2 Å². The SMILES string of the molecule is O=P(O)(O)OCCCl.O=P(O)(O)OCCCl. The second-order valence-corrected chi connectivity index (χ2v) is 5.26. The van der Waals surface area contributed by atoms with Gasteiger partial charge in [-0.2, -0.15) is 0 Å². The largest absolute Gasteiger partial charge is 0.469 e. The van der Waals surface area contributed by atoms with Crippen LogP contribution in [0.1, 0.15) is 0 Å². The maximum atomic E-state index is 9.80.